The van der Waals surface area contributed by atoms with Crippen molar-refractivity contribution in [3.8, 4) is 0 Å². The van der Waals surface area contributed by atoms with Gasteiger partial charge in [-0.25, -0.2) is 24.0 Å². The van der Waals surface area contributed by atoms with E-state index in [0.717, 1.165) is 11.0 Å². The van der Waals surface area contributed by atoms with Gasteiger partial charge in [0.25, 0.3) is 5.91 Å². The Kier molecular flexibility index (Phi) is 8.02. The highest BCUT2D eigenvalue weighted by Gasteiger charge is 2.46. The van der Waals surface area contributed by atoms with Crippen LogP contribution in [0, 0.1) is 0 Å². The topological polar surface area (TPSA) is 107 Å². The van der Waals surface area contributed by atoms with Gasteiger partial charge in [-0.1, -0.05) is 0 Å². The lowest BCUT2D eigenvalue weighted by molar-refractivity contribution is -0.133. The molecular weight excluding hydrogens is 520 g/mol. The van der Waals surface area contributed by atoms with Crippen LogP contribution in [0.1, 0.15) is 18.4 Å². The van der Waals surface area contributed by atoms with Crippen molar-refractivity contribution in [1.29, 1.82) is 0 Å². The maximum atomic E-state index is 15.4. The van der Waals surface area contributed by atoms with Crippen molar-refractivity contribution in [2.75, 3.05) is 39.3 Å². The van der Waals surface area contributed by atoms with Gasteiger partial charge < -0.3 is 15.0 Å². The lowest BCUT2D eigenvalue weighted by Crippen LogP contribution is -2.48. The largest absolute Gasteiger partial charge is 0.442 e. The number of hydrogen-bond acceptors (Lipinski definition) is 8. The molecule has 0 aromatic carbocycles. The summed E-state index contributed by atoms with van der Waals surface area (Å²) in [4.78, 5) is 42.8. The minimum absolute atomic E-state index is 0.118. The highest BCUT2D eigenvalue weighted by molar-refractivity contribution is 7.09. The van der Waals surface area contributed by atoms with E-state index in [0.29, 0.717) is 5.01 Å². The first-order chi connectivity index (χ1) is 17.6. The maximum absolute atomic E-state index is 15.4. The van der Waals surface area contributed by atoms with Crippen LogP contribution in [0.25, 0.3) is 0 Å². The first-order valence-corrected chi connectivity index (χ1v) is 12.4. The molecule has 1 aromatic rings. The average molecular weight is 547 g/mol. The van der Waals surface area contributed by atoms with Crippen molar-refractivity contribution in [2.45, 2.75) is 37.8 Å². The van der Waals surface area contributed by atoms with E-state index in [1.54, 1.807) is 11.6 Å². The number of cyclic esters (lactones) is 1. The quantitative estimate of drug-likeness (QED) is 0.502. The Bertz CT molecular complexity index is 1100. The van der Waals surface area contributed by atoms with E-state index in [9.17, 15) is 23.2 Å². The van der Waals surface area contributed by atoms with Crippen LogP contribution in [-0.4, -0.2) is 95.0 Å². The first-order valence-electron chi connectivity index (χ1n) is 11.6. The van der Waals surface area contributed by atoms with Crippen LogP contribution < -0.4 is 10.7 Å². The van der Waals surface area contributed by atoms with Crippen LogP contribution in [-0.2, 0) is 20.7 Å². The molecule has 2 aliphatic heterocycles. The number of thiazole rings is 1. The van der Waals surface area contributed by atoms with E-state index in [-0.39, 0.29) is 63.7 Å². The number of carbonyl (C=O) groups is 3. The maximum Gasteiger partial charge on any atom is 0.411 e. The average Bonchev–Trinajstić information content (AvgIpc) is 3.40. The highest BCUT2D eigenvalue weighted by atomic mass is 32.1. The van der Waals surface area contributed by atoms with Gasteiger partial charge in [-0.3, -0.25) is 19.5 Å². The van der Waals surface area contributed by atoms with Crippen molar-refractivity contribution < 1.29 is 36.7 Å². The molecule has 2 N–H and O–H groups in total. The Morgan fingerprint density at radius 2 is 2.11 bits per heavy atom. The molecule has 37 heavy (non-hydrogen) atoms. The fraction of sp³-hybridized carbons (Fsp3) is 0.545. The summed E-state index contributed by atoms with van der Waals surface area (Å²) in [5.74, 6) is -3.34. The molecule has 0 bridgehead atoms. The Morgan fingerprint density at radius 3 is 2.78 bits per heavy atom. The molecular formula is C22H26F4N6O4S. The van der Waals surface area contributed by atoms with Crippen LogP contribution >= 0.6 is 11.3 Å². The zero-order chi connectivity index (χ0) is 26.7. The fourth-order valence-corrected chi connectivity index (χ4v) is 5.09. The van der Waals surface area contributed by atoms with E-state index in [1.165, 1.54) is 28.2 Å². The van der Waals surface area contributed by atoms with Crippen molar-refractivity contribution in [1.82, 2.24) is 30.5 Å². The Balaban J connectivity index is 1.39. The molecule has 3 heterocycles. The van der Waals surface area contributed by atoms with Crippen molar-refractivity contribution in [3.63, 3.8) is 0 Å². The Morgan fingerprint density at radius 1 is 1.32 bits per heavy atom. The fourth-order valence-electron chi connectivity index (χ4n) is 4.49. The lowest BCUT2D eigenvalue weighted by Gasteiger charge is -2.38. The minimum Gasteiger partial charge on any atom is -0.442 e. The zero-order valence-electron chi connectivity index (χ0n) is 19.9. The zero-order valence-corrected chi connectivity index (χ0v) is 20.7. The molecule has 3 amide bonds. The minimum atomic E-state index is -3.21. The number of halogens is 4. The molecule has 0 radical (unpaired) electrons. The molecule has 0 saturated carbocycles. The van der Waals surface area contributed by atoms with E-state index in [1.807, 2.05) is 5.32 Å². The van der Waals surface area contributed by atoms with Crippen LogP contribution in [0.3, 0.4) is 0 Å². The number of allylic oxidation sites excluding steroid dienone is 1. The van der Waals surface area contributed by atoms with E-state index < -0.39 is 41.7 Å². The number of nitrogens with one attached hydrogen (secondary N) is 2. The van der Waals surface area contributed by atoms with Crippen LogP contribution in [0.5, 0.6) is 0 Å². The number of alkyl halides is 2. The normalized spacial score (nSPS) is 24.8. The molecule has 15 heteroatoms. The van der Waals surface area contributed by atoms with E-state index in [2.05, 4.69) is 10.4 Å². The summed E-state index contributed by atoms with van der Waals surface area (Å²) in [6, 6.07) is 0. The number of carbonyl (C=O) groups excluding carboxylic acids is 3. The van der Waals surface area contributed by atoms with Gasteiger partial charge in [0.2, 0.25) is 5.91 Å². The highest BCUT2D eigenvalue weighted by Crippen LogP contribution is 2.40. The number of aromatic nitrogens is 1. The molecule has 1 aliphatic carbocycles. The van der Waals surface area contributed by atoms with Gasteiger partial charge in [0, 0.05) is 37.6 Å². The third-order valence-electron chi connectivity index (χ3n) is 6.31. The molecule has 10 nitrogen and oxygen atoms in total. The van der Waals surface area contributed by atoms with Gasteiger partial charge in [0.1, 0.15) is 28.5 Å². The molecule has 2 atom stereocenters. The summed E-state index contributed by atoms with van der Waals surface area (Å²) >= 11 is 1.36. The molecule has 1 aromatic heterocycles. The smallest absolute Gasteiger partial charge is 0.411 e. The number of nitrogens with zero attached hydrogens (tertiary/aromatic N) is 4. The number of hydrogen-bond donors (Lipinski definition) is 2. The van der Waals surface area contributed by atoms with Crippen LogP contribution in [0.4, 0.5) is 22.4 Å². The predicted octanol–water partition coefficient (Wildman–Crippen LogP) is 1.73. The van der Waals surface area contributed by atoms with Gasteiger partial charge in [0.15, 0.2) is 0 Å². The second kappa shape index (κ2) is 11.0. The molecule has 3 aliphatic rings. The van der Waals surface area contributed by atoms with Crippen LogP contribution in [0.2, 0.25) is 0 Å². The van der Waals surface area contributed by atoms with Gasteiger partial charge in [-0.2, -0.15) is 8.78 Å². The third kappa shape index (κ3) is 6.04. The molecule has 202 valence electrons. The van der Waals surface area contributed by atoms with Gasteiger partial charge in [-0.05, 0) is 13.0 Å². The summed E-state index contributed by atoms with van der Waals surface area (Å²) < 4.78 is 60.6. The third-order valence-corrected chi connectivity index (χ3v) is 7.09. The monoisotopic (exact) mass is 546 g/mol. The van der Waals surface area contributed by atoms with Crippen molar-refractivity contribution >= 4 is 29.2 Å². The van der Waals surface area contributed by atoms with E-state index >= 15 is 8.78 Å². The number of amides is 3. The number of rotatable bonds is 7. The summed E-state index contributed by atoms with van der Waals surface area (Å²) in [6.45, 7) is 1.85. The second-order valence-corrected chi connectivity index (χ2v) is 9.96. The summed E-state index contributed by atoms with van der Waals surface area (Å²) in [6.07, 6.45) is -2.49. The Labute approximate surface area is 213 Å². The van der Waals surface area contributed by atoms with Crippen LogP contribution in [0.15, 0.2) is 35.0 Å². The van der Waals surface area contributed by atoms with Gasteiger partial charge in [-0.15, -0.1) is 11.3 Å². The van der Waals surface area contributed by atoms with Crippen molar-refractivity contribution in [3.05, 3.63) is 40.0 Å². The van der Waals surface area contributed by atoms with E-state index in [4.69, 9.17) is 4.74 Å². The second-order valence-electron chi connectivity index (χ2n) is 8.99. The predicted molar refractivity (Wildman–Crippen MR) is 123 cm³/mol. The summed E-state index contributed by atoms with van der Waals surface area (Å²) in [5, 5.41) is 5.83. The molecule has 0 spiro atoms. The van der Waals surface area contributed by atoms with Crippen molar-refractivity contribution in [2.24, 2.45) is 0 Å². The molecule has 1 unspecified atom stereocenters. The SMILES string of the molecule is CC1(N2C[C@H](CNC(=O)C(F)F)OC2=O)C=C(F)C(N2CCNN(C(=O)Cc3nccs3)CC2)=C(F)C1. The first kappa shape index (κ1) is 26.9. The lowest BCUT2D eigenvalue weighted by atomic mass is 9.88. The molecule has 4 rings (SSSR count). The Hall–Kier alpha value is -3.20. The van der Waals surface area contributed by atoms with Gasteiger partial charge >= 0.3 is 12.5 Å². The standard InChI is InChI=1S/C22H26F4N6O4S/c1-22(31-12-13(36-21(31)35)11-28-20(34)19(25)26)9-14(23)18(15(24)10-22)30-4-2-29-32(6-5-30)17(33)8-16-27-3-7-37-16/h3,7,9,13,19,29H,2,4-6,8,10-12H2,1H3,(H,28,34)/t13-,22?/m0/s1. The number of hydrazine groups is 1. The molecule has 2 fully saturated rings. The summed E-state index contributed by atoms with van der Waals surface area (Å²) in [5.41, 5.74) is 1.34. The van der Waals surface area contributed by atoms with Gasteiger partial charge in [0.05, 0.1) is 31.6 Å². The summed E-state index contributed by atoms with van der Waals surface area (Å²) in [7, 11) is 0. The molecule has 2 saturated heterocycles. The number of ether oxygens (including phenoxy) is 1.